The summed E-state index contributed by atoms with van der Waals surface area (Å²) in [7, 11) is 7.48. The predicted octanol–water partition coefficient (Wildman–Crippen LogP) is 2.87. The molecule has 2 aromatic rings. The molecule has 1 aliphatic carbocycles. The maximum absolute atomic E-state index is 13.2. The summed E-state index contributed by atoms with van der Waals surface area (Å²) in [4.78, 5) is 39.4. The molecular formula is C28H40N8O3. The third kappa shape index (κ3) is 5.79. The fraction of sp³-hybridized carbons (Fsp3) is 0.571. The molecule has 210 valence electrons. The number of likely N-dealkylation sites (tertiary alicyclic amines) is 1. The van der Waals surface area contributed by atoms with E-state index in [9.17, 15) is 9.59 Å². The zero-order valence-electron chi connectivity index (χ0n) is 23.6. The number of anilines is 4. The molecule has 0 spiro atoms. The van der Waals surface area contributed by atoms with Crippen LogP contribution in [0.3, 0.4) is 0 Å². The number of rotatable bonds is 9. The van der Waals surface area contributed by atoms with E-state index in [2.05, 4.69) is 32.6 Å². The molecule has 5 rings (SSSR count). The summed E-state index contributed by atoms with van der Waals surface area (Å²) in [5.41, 5.74) is 1.87. The van der Waals surface area contributed by atoms with Crippen LogP contribution in [0, 0.1) is 5.92 Å². The quantitative estimate of drug-likeness (QED) is 0.500. The van der Waals surface area contributed by atoms with E-state index in [-0.39, 0.29) is 23.9 Å². The second-order valence-electron chi connectivity index (χ2n) is 10.9. The average molecular weight is 537 g/mol. The van der Waals surface area contributed by atoms with Crippen molar-refractivity contribution < 1.29 is 14.3 Å². The van der Waals surface area contributed by atoms with Crippen LogP contribution < -0.4 is 25.3 Å². The largest absolute Gasteiger partial charge is 0.495 e. The van der Waals surface area contributed by atoms with Gasteiger partial charge in [-0.1, -0.05) is 6.92 Å². The second-order valence-corrected chi connectivity index (χ2v) is 10.9. The van der Waals surface area contributed by atoms with Crippen molar-refractivity contribution >= 4 is 35.0 Å². The molecule has 1 saturated carbocycles. The van der Waals surface area contributed by atoms with Crippen molar-refractivity contribution in [3.63, 3.8) is 0 Å². The molecule has 39 heavy (non-hydrogen) atoms. The number of piperidine rings is 1. The lowest BCUT2D eigenvalue weighted by Gasteiger charge is -2.44. The molecule has 0 bridgehead atoms. The maximum atomic E-state index is 13.2. The number of benzene rings is 1. The van der Waals surface area contributed by atoms with E-state index in [0.29, 0.717) is 46.8 Å². The standard InChI is InChI=1S/C28H40N8O3/c1-6-22-27(38)35(4)23-16-29-28(32-25(23)36(22)34(3)17-18-7-8-18)31-21-10-9-19(15-24(21)39-5)26(37)30-20-11-13-33(2)14-12-20/h9-10,15-16,18,20,22H,6-8,11-14,17H2,1-5H3,(H,30,37)(H,29,31,32). The average Bonchev–Trinajstić information content (AvgIpc) is 3.75. The molecule has 11 heteroatoms. The molecule has 3 aliphatic rings. The highest BCUT2D eigenvalue weighted by molar-refractivity contribution is 6.04. The number of ether oxygens (including phenoxy) is 1. The number of carbonyl (C=O) groups is 2. The number of methoxy groups -OCH3 is 1. The molecule has 2 aliphatic heterocycles. The number of hydrogen-bond donors (Lipinski definition) is 2. The van der Waals surface area contributed by atoms with Gasteiger partial charge in [-0.05, 0) is 76.4 Å². The Balaban J connectivity index is 1.37. The second kappa shape index (κ2) is 11.4. The number of fused-ring (bicyclic) bond motifs is 1. The van der Waals surface area contributed by atoms with Gasteiger partial charge in [-0.25, -0.2) is 9.99 Å². The summed E-state index contributed by atoms with van der Waals surface area (Å²) in [6.07, 6.45) is 6.68. The maximum Gasteiger partial charge on any atom is 0.251 e. The molecule has 11 nitrogen and oxygen atoms in total. The van der Waals surface area contributed by atoms with Gasteiger partial charge in [-0.3, -0.25) is 14.6 Å². The fourth-order valence-electron chi connectivity index (χ4n) is 5.41. The molecule has 2 amide bonds. The Hall–Kier alpha value is -3.44. The van der Waals surface area contributed by atoms with Crippen LogP contribution in [-0.2, 0) is 4.79 Å². The SMILES string of the molecule is CCC1C(=O)N(C)c2cnc(Nc3ccc(C(=O)NC4CCN(C)CC4)cc3OC)nc2N1N(C)CC1CC1. The monoisotopic (exact) mass is 536 g/mol. The molecule has 2 N–H and O–H groups in total. The van der Waals surface area contributed by atoms with Crippen molar-refractivity contribution in [1.82, 2.24) is 25.2 Å². The van der Waals surface area contributed by atoms with Gasteiger partial charge in [0.05, 0.1) is 19.0 Å². The minimum Gasteiger partial charge on any atom is -0.495 e. The molecule has 2 fully saturated rings. The van der Waals surface area contributed by atoms with Crippen LogP contribution in [0.1, 0.15) is 49.4 Å². The molecule has 1 saturated heterocycles. The van der Waals surface area contributed by atoms with Crippen LogP contribution in [0.25, 0.3) is 0 Å². The van der Waals surface area contributed by atoms with Crippen LogP contribution in [0.2, 0.25) is 0 Å². The van der Waals surface area contributed by atoms with Gasteiger partial charge >= 0.3 is 0 Å². The molecule has 1 unspecified atom stereocenters. The Labute approximate surface area is 230 Å². The third-order valence-corrected chi connectivity index (χ3v) is 7.98. The number of likely N-dealkylation sites (N-methyl/N-ethyl adjacent to an activating group) is 1. The van der Waals surface area contributed by atoms with E-state index in [4.69, 9.17) is 9.72 Å². The number of amides is 2. The Kier molecular flexibility index (Phi) is 7.90. The van der Waals surface area contributed by atoms with E-state index < -0.39 is 0 Å². The van der Waals surface area contributed by atoms with E-state index in [0.717, 1.165) is 32.5 Å². The van der Waals surface area contributed by atoms with Gasteiger partial charge in [0.1, 0.15) is 17.5 Å². The van der Waals surface area contributed by atoms with Crippen LogP contribution in [-0.4, -0.2) is 91.7 Å². The van der Waals surface area contributed by atoms with Gasteiger partial charge in [0, 0.05) is 32.2 Å². The highest BCUT2D eigenvalue weighted by Gasteiger charge is 2.40. The molecule has 1 aromatic carbocycles. The lowest BCUT2D eigenvalue weighted by atomic mass is 10.0. The van der Waals surface area contributed by atoms with Gasteiger partial charge in [0.15, 0.2) is 5.82 Å². The highest BCUT2D eigenvalue weighted by Crippen LogP contribution is 2.38. The molecule has 1 atom stereocenters. The number of aromatic nitrogens is 2. The van der Waals surface area contributed by atoms with Crippen molar-refractivity contribution in [3.05, 3.63) is 30.0 Å². The Morgan fingerprint density at radius 3 is 2.59 bits per heavy atom. The molecule has 0 radical (unpaired) electrons. The van der Waals surface area contributed by atoms with Gasteiger partial charge in [-0.2, -0.15) is 4.98 Å². The molecule has 1 aromatic heterocycles. The van der Waals surface area contributed by atoms with Gasteiger partial charge in [-0.15, -0.1) is 0 Å². The van der Waals surface area contributed by atoms with E-state index in [1.165, 1.54) is 12.8 Å². The first-order valence-electron chi connectivity index (χ1n) is 13.9. The van der Waals surface area contributed by atoms with Crippen molar-refractivity contribution in [2.45, 2.75) is 51.1 Å². The summed E-state index contributed by atoms with van der Waals surface area (Å²) in [6.45, 7) is 4.87. The number of carbonyl (C=O) groups excluding carboxylic acids is 2. The fourth-order valence-corrected chi connectivity index (χ4v) is 5.41. The summed E-state index contributed by atoms with van der Waals surface area (Å²) >= 11 is 0. The normalized spacial score (nSPS) is 20.3. The summed E-state index contributed by atoms with van der Waals surface area (Å²) in [5, 5.41) is 10.6. The Bertz CT molecular complexity index is 1210. The topological polar surface area (TPSA) is 106 Å². The first kappa shape index (κ1) is 27.1. The lowest BCUT2D eigenvalue weighted by Crippen LogP contribution is -2.58. The highest BCUT2D eigenvalue weighted by atomic mass is 16.5. The van der Waals surface area contributed by atoms with Gasteiger partial charge in [0.25, 0.3) is 11.8 Å². The predicted molar refractivity (Wildman–Crippen MR) is 152 cm³/mol. The summed E-state index contributed by atoms with van der Waals surface area (Å²) < 4.78 is 5.62. The minimum atomic E-state index is -0.328. The Morgan fingerprint density at radius 1 is 1.18 bits per heavy atom. The van der Waals surface area contributed by atoms with Crippen molar-refractivity contribution in [2.24, 2.45) is 5.92 Å². The summed E-state index contributed by atoms with van der Waals surface area (Å²) in [5.74, 6) is 2.19. The van der Waals surface area contributed by atoms with Crippen molar-refractivity contribution in [2.75, 3.05) is 63.1 Å². The van der Waals surface area contributed by atoms with Crippen LogP contribution in [0.15, 0.2) is 24.4 Å². The van der Waals surface area contributed by atoms with Crippen molar-refractivity contribution in [3.8, 4) is 5.75 Å². The molecule has 3 heterocycles. The zero-order valence-corrected chi connectivity index (χ0v) is 23.6. The smallest absolute Gasteiger partial charge is 0.251 e. The van der Waals surface area contributed by atoms with E-state index >= 15 is 0 Å². The van der Waals surface area contributed by atoms with Gasteiger partial charge in [0.2, 0.25) is 5.95 Å². The van der Waals surface area contributed by atoms with Crippen LogP contribution in [0.4, 0.5) is 23.1 Å². The van der Waals surface area contributed by atoms with Gasteiger partial charge < -0.3 is 25.2 Å². The summed E-state index contributed by atoms with van der Waals surface area (Å²) in [6, 6.07) is 5.18. The lowest BCUT2D eigenvalue weighted by molar-refractivity contribution is -0.120. The first-order valence-corrected chi connectivity index (χ1v) is 13.9. The minimum absolute atomic E-state index is 0.0349. The Morgan fingerprint density at radius 2 is 1.92 bits per heavy atom. The zero-order chi connectivity index (χ0) is 27.7. The number of nitrogens with one attached hydrogen (secondary N) is 2. The van der Waals surface area contributed by atoms with Crippen LogP contribution in [0.5, 0.6) is 5.75 Å². The number of hydrazine groups is 1. The van der Waals surface area contributed by atoms with Crippen LogP contribution >= 0.6 is 0 Å². The van der Waals surface area contributed by atoms with E-state index in [1.54, 1.807) is 37.4 Å². The number of nitrogens with zero attached hydrogens (tertiary/aromatic N) is 6. The van der Waals surface area contributed by atoms with E-state index in [1.807, 2.05) is 25.0 Å². The number of hydrogen-bond acceptors (Lipinski definition) is 9. The molecular weight excluding hydrogens is 496 g/mol. The first-order chi connectivity index (χ1) is 18.8. The third-order valence-electron chi connectivity index (χ3n) is 7.98. The van der Waals surface area contributed by atoms with Crippen molar-refractivity contribution in [1.29, 1.82) is 0 Å².